The molecule has 0 amide bonds. The second-order valence-corrected chi connectivity index (χ2v) is 7.85. The van der Waals surface area contributed by atoms with E-state index in [4.69, 9.17) is 4.74 Å². The first-order valence-electron chi connectivity index (χ1n) is 9.63. The van der Waals surface area contributed by atoms with Gasteiger partial charge in [0.1, 0.15) is 16.4 Å². The van der Waals surface area contributed by atoms with Gasteiger partial charge in [0.25, 0.3) is 5.56 Å². The largest absolute Gasteiger partial charge is 0.497 e. The first-order valence-corrected chi connectivity index (χ1v) is 10.4. The molecule has 0 aliphatic heterocycles. The Morgan fingerprint density at radius 2 is 1.90 bits per heavy atom. The predicted molar refractivity (Wildman–Crippen MR) is 119 cm³/mol. The molecule has 0 spiro atoms. The van der Waals surface area contributed by atoms with Crippen LogP contribution in [0.3, 0.4) is 0 Å². The van der Waals surface area contributed by atoms with E-state index in [9.17, 15) is 4.79 Å². The molecule has 0 saturated carbocycles. The maximum absolute atomic E-state index is 12.6. The lowest BCUT2D eigenvalue weighted by Crippen LogP contribution is -2.23. The van der Waals surface area contributed by atoms with Crippen LogP contribution in [0.25, 0.3) is 20.7 Å². The predicted octanol–water partition coefficient (Wildman–Crippen LogP) is 4.90. The van der Waals surface area contributed by atoms with E-state index < -0.39 is 0 Å². The molecule has 0 bridgehead atoms. The zero-order valence-electron chi connectivity index (χ0n) is 16.4. The van der Waals surface area contributed by atoms with Crippen molar-refractivity contribution in [1.29, 1.82) is 0 Å². The van der Waals surface area contributed by atoms with Crippen LogP contribution in [-0.4, -0.2) is 17.1 Å². The summed E-state index contributed by atoms with van der Waals surface area (Å²) in [6.07, 6.45) is 0.927. The number of benzene rings is 2. The molecule has 1 atom stereocenters. The van der Waals surface area contributed by atoms with Crippen LogP contribution < -0.4 is 15.6 Å². The molecule has 0 aliphatic rings. The molecular weight excluding hydrogens is 382 g/mol. The van der Waals surface area contributed by atoms with Gasteiger partial charge in [-0.25, -0.2) is 4.98 Å². The smallest absolute Gasteiger partial charge is 0.259 e. The van der Waals surface area contributed by atoms with Gasteiger partial charge in [-0.05, 0) is 35.7 Å². The molecule has 2 aromatic heterocycles. The number of methoxy groups -OCH3 is 1. The summed E-state index contributed by atoms with van der Waals surface area (Å²) >= 11 is 1.55. The van der Waals surface area contributed by atoms with E-state index in [-0.39, 0.29) is 11.6 Å². The summed E-state index contributed by atoms with van der Waals surface area (Å²) in [5.41, 5.74) is 2.18. The molecule has 5 nitrogen and oxygen atoms in total. The highest BCUT2D eigenvalue weighted by molar-refractivity contribution is 7.21. The molecule has 0 unspecified atom stereocenters. The Morgan fingerprint density at radius 3 is 2.59 bits per heavy atom. The van der Waals surface area contributed by atoms with Gasteiger partial charge < -0.3 is 15.0 Å². The quantitative estimate of drug-likeness (QED) is 0.459. The number of nitrogens with zero attached hydrogens (tertiary/aromatic N) is 1. The maximum atomic E-state index is 12.6. The lowest BCUT2D eigenvalue weighted by Gasteiger charge is -2.17. The van der Waals surface area contributed by atoms with Crippen molar-refractivity contribution in [2.75, 3.05) is 7.11 Å². The fourth-order valence-corrected chi connectivity index (χ4v) is 4.41. The summed E-state index contributed by atoms with van der Waals surface area (Å²) in [4.78, 5) is 22.0. The molecule has 148 valence electrons. The van der Waals surface area contributed by atoms with Crippen LogP contribution in [0, 0.1) is 0 Å². The summed E-state index contributed by atoms with van der Waals surface area (Å²) < 4.78 is 5.23. The molecule has 4 rings (SSSR count). The van der Waals surface area contributed by atoms with Crippen LogP contribution in [0.2, 0.25) is 0 Å². The highest BCUT2D eigenvalue weighted by atomic mass is 32.1. The second-order valence-electron chi connectivity index (χ2n) is 6.82. The van der Waals surface area contributed by atoms with Crippen LogP contribution in [0.4, 0.5) is 0 Å². The van der Waals surface area contributed by atoms with Crippen LogP contribution in [0.1, 0.15) is 30.8 Å². The van der Waals surface area contributed by atoms with Crippen molar-refractivity contribution < 1.29 is 4.74 Å². The first kappa shape index (κ1) is 19.4. The van der Waals surface area contributed by atoms with Gasteiger partial charge in [-0.1, -0.05) is 49.4 Å². The van der Waals surface area contributed by atoms with Gasteiger partial charge in [-0.15, -0.1) is 11.3 Å². The van der Waals surface area contributed by atoms with Crippen molar-refractivity contribution in [3.63, 3.8) is 0 Å². The van der Waals surface area contributed by atoms with Crippen LogP contribution in [-0.2, 0) is 6.54 Å². The Balaban J connectivity index is 1.55. The molecule has 0 radical (unpaired) electrons. The van der Waals surface area contributed by atoms with E-state index in [1.165, 1.54) is 5.56 Å². The second kappa shape index (κ2) is 8.59. The SMILES string of the molecule is CC[C@H](NCc1nc2sc(-c3ccccc3)cc2c(=O)[nH]1)c1ccc(OC)cc1. The lowest BCUT2D eigenvalue weighted by molar-refractivity contribution is 0.414. The van der Waals surface area contributed by atoms with Gasteiger partial charge >= 0.3 is 0 Å². The maximum Gasteiger partial charge on any atom is 0.259 e. The van der Waals surface area contributed by atoms with Crippen molar-refractivity contribution in [3.8, 4) is 16.2 Å². The summed E-state index contributed by atoms with van der Waals surface area (Å²) in [6.45, 7) is 2.63. The standard InChI is InChI=1S/C23H23N3O2S/c1-3-19(15-9-11-17(28-2)12-10-15)24-14-21-25-22(27)18-13-20(29-23(18)26-21)16-7-5-4-6-8-16/h4-13,19,24H,3,14H2,1-2H3,(H,25,26,27)/t19-/m0/s1. The number of nitrogens with one attached hydrogen (secondary N) is 2. The lowest BCUT2D eigenvalue weighted by atomic mass is 10.0. The average molecular weight is 406 g/mol. The van der Waals surface area contributed by atoms with Crippen LogP contribution in [0.15, 0.2) is 65.5 Å². The van der Waals surface area contributed by atoms with E-state index >= 15 is 0 Å². The van der Waals surface area contributed by atoms with E-state index in [0.717, 1.165) is 27.4 Å². The third-order valence-corrected chi connectivity index (χ3v) is 6.03. The minimum Gasteiger partial charge on any atom is -0.497 e. The van der Waals surface area contributed by atoms with Gasteiger partial charge in [0.05, 0.1) is 19.0 Å². The Morgan fingerprint density at radius 1 is 1.14 bits per heavy atom. The number of ether oxygens (including phenoxy) is 1. The van der Waals surface area contributed by atoms with Gasteiger partial charge in [-0.3, -0.25) is 4.79 Å². The topological polar surface area (TPSA) is 67.0 Å². The third kappa shape index (κ3) is 4.23. The van der Waals surface area contributed by atoms with Gasteiger partial charge in [0.15, 0.2) is 0 Å². The molecule has 2 heterocycles. The number of aromatic nitrogens is 2. The van der Waals surface area contributed by atoms with E-state index in [2.05, 4.69) is 34.3 Å². The van der Waals surface area contributed by atoms with Gasteiger partial charge in [-0.2, -0.15) is 0 Å². The number of hydrogen-bond acceptors (Lipinski definition) is 5. The zero-order chi connectivity index (χ0) is 20.2. The first-order chi connectivity index (χ1) is 14.2. The van der Waals surface area contributed by atoms with Crippen LogP contribution in [0.5, 0.6) is 5.75 Å². The van der Waals surface area contributed by atoms with E-state index in [1.54, 1.807) is 18.4 Å². The monoisotopic (exact) mass is 405 g/mol. The zero-order valence-corrected chi connectivity index (χ0v) is 17.3. The van der Waals surface area contributed by atoms with Crippen molar-refractivity contribution in [2.45, 2.75) is 25.9 Å². The van der Waals surface area contributed by atoms with Crippen molar-refractivity contribution in [2.24, 2.45) is 0 Å². The molecule has 2 aromatic carbocycles. The summed E-state index contributed by atoms with van der Waals surface area (Å²) in [7, 11) is 1.66. The molecule has 0 aliphatic carbocycles. The minimum absolute atomic E-state index is 0.0947. The molecular formula is C23H23N3O2S. The molecule has 2 N–H and O–H groups in total. The molecule has 4 aromatic rings. The summed E-state index contributed by atoms with van der Waals surface area (Å²) in [5, 5.41) is 4.14. The van der Waals surface area contributed by atoms with Crippen molar-refractivity contribution >= 4 is 21.6 Å². The molecule has 6 heteroatoms. The molecule has 29 heavy (non-hydrogen) atoms. The number of aromatic amines is 1. The summed E-state index contributed by atoms with van der Waals surface area (Å²) in [5.74, 6) is 1.49. The molecule has 0 fully saturated rings. The minimum atomic E-state index is -0.0947. The van der Waals surface area contributed by atoms with Crippen molar-refractivity contribution in [1.82, 2.24) is 15.3 Å². The number of thiophene rings is 1. The Bertz CT molecular complexity index is 1150. The number of rotatable bonds is 7. The number of fused-ring (bicyclic) bond motifs is 1. The Hall–Kier alpha value is -2.96. The highest BCUT2D eigenvalue weighted by Crippen LogP contribution is 2.30. The van der Waals surface area contributed by atoms with E-state index in [0.29, 0.717) is 17.8 Å². The normalized spacial score (nSPS) is 12.2. The number of hydrogen-bond donors (Lipinski definition) is 2. The van der Waals surface area contributed by atoms with Gasteiger partial charge in [0, 0.05) is 10.9 Å². The Kier molecular flexibility index (Phi) is 5.74. The molecule has 0 saturated heterocycles. The average Bonchev–Trinajstić information content (AvgIpc) is 3.20. The van der Waals surface area contributed by atoms with E-state index in [1.807, 2.05) is 48.5 Å². The number of H-pyrrole nitrogens is 1. The fourth-order valence-electron chi connectivity index (χ4n) is 3.36. The summed E-state index contributed by atoms with van der Waals surface area (Å²) in [6, 6.07) is 20.2. The Labute approximate surface area is 173 Å². The highest BCUT2D eigenvalue weighted by Gasteiger charge is 2.13. The van der Waals surface area contributed by atoms with Gasteiger partial charge in [0.2, 0.25) is 0 Å². The third-order valence-electron chi connectivity index (χ3n) is 4.95. The van der Waals surface area contributed by atoms with Crippen LogP contribution >= 0.6 is 11.3 Å². The van der Waals surface area contributed by atoms with Crippen molar-refractivity contribution in [3.05, 3.63) is 82.4 Å². The fraction of sp³-hybridized carbons (Fsp3) is 0.217.